The van der Waals surface area contributed by atoms with Crippen LogP contribution in [0.15, 0.2) is 97.1 Å². The molecule has 2 heterocycles. The van der Waals surface area contributed by atoms with Gasteiger partial charge in [0.05, 0.1) is 6.04 Å². The summed E-state index contributed by atoms with van der Waals surface area (Å²) < 4.78 is 6.67. The maximum atomic E-state index is 6.67. The number of benzene rings is 4. The molecule has 0 saturated carbocycles. The van der Waals surface area contributed by atoms with Crippen LogP contribution < -0.4 is 4.74 Å². The topological polar surface area (TPSA) is 12.5 Å². The van der Waals surface area contributed by atoms with E-state index >= 15 is 0 Å². The smallest absolute Gasteiger partial charge is 0.153 e. The van der Waals surface area contributed by atoms with E-state index in [1.807, 2.05) is 0 Å². The zero-order valence-electron chi connectivity index (χ0n) is 16.9. The van der Waals surface area contributed by atoms with Gasteiger partial charge in [-0.05, 0) is 47.2 Å². The van der Waals surface area contributed by atoms with E-state index in [0.717, 1.165) is 18.6 Å². The molecule has 0 radical (unpaired) electrons. The van der Waals surface area contributed by atoms with E-state index in [-0.39, 0.29) is 12.3 Å². The lowest BCUT2D eigenvalue weighted by atomic mass is 9.84. The van der Waals surface area contributed by atoms with Crippen LogP contribution in [0.25, 0.3) is 10.8 Å². The van der Waals surface area contributed by atoms with Gasteiger partial charge in [0.2, 0.25) is 0 Å². The van der Waals surface area contributed by atoms with E-state index < -0.39 is 0 Å². The first-order valence-corrected chi connectivity index (χ1v) is 11.0. The van der Waals surface area contributed by atoms with Crippen LogP contribution in [0.2, 0.25) is 0 Å². The van der Waals surface area contributed by atoms with Gasteiger partial charge in [0.15, 0.2) is 6.23 Å². The highest BCUT2D eigenvalue weighted by Crippen LogP contribution is 2.51. The standard InChI is InChI=1S/C28H25NO/c1-3-11-21(12-4-1)24-16-9-17-26-29(24)28(22-13-5-2-6-14-22)27-23-15-8-7-10-20(23)18-19-25(27)30-26/h1-8,10-15,18-19,24,26,28H,9,16-17H2/t24-,26-,28+/m1/s1. The Kier molecular flexibility index (Phi) is 4.32. The fourth-order valence-corrected chi connectivity index (χ4v) is 5.39. The fraction of sp³-hybridized carbons (Fsp3) is 0.214. The summed E-state index contributed by atoms with van der Waals surface area (Å²) in [7, 11) is 0. The second-order valence-corrected chi connectivity index (χ2v) is 8.39. The third-order valence-corrected chi connectivity index (χ3v) is 6.69. The molecule has 2 heteroatoms. The van der Waals surface area contributed by atoms with Crippen molar-refractivity contribution in [2.45, 2.75) is 37.6 Å². The summed E-state index contributed by atoms with van der Waals surface area (Å²) in [5, 5.41) is 2.56. The Balaban J connectivity index is 1.60. The van der Waals surface area contributed by atoms with E-state index in [0.29, 0.717) is 6.04 Å². The number of rotatable bonds is 2. The number of nitrogens with zero attached hydrogens (tertiary/aromatic N) is 1. The average Bonchev–Trinajstić information content (AvgIpc) is 2.83. The van der Waals surface area contributed by atoms with E-state index in [4.69, 9.17) is 4.74 Å². The molecule has 0 aromatic heterocycles. The van der Waals surface area contributed by atoms with Crippen LogP contribution in [0.1, 0.15) is 48.0 Å². The zero-order chi connectivity index (χ0) is 19.9. The Morgan fingerprint density at radius 2 is 1.37 bits per heavy atom. The molecule has 2 nitrogen and oxygen atoms in total. The van der Waals surface area contributed by atoms with E-state index in [2.05, 4.69) is 102 Å². The molecule has 2 aliphatic heterocycles. The number of fused-ring (bicyclic) bond motifs is 4. The summed E-state index contributed by atoms with van der Waals surface area (Å²) in [6.07, 6.45) is 3.51. The second kappa shape index (κ2) is 7.30. The van der Waals surface area contributed by atoms with E-state index in [9.17, 15) is 0 Å². The maximum Gasteiger partial charge on any atom is 0.153 e. The fourth-order valence-electron chi connectivity index (χ4n) is 5.39. The van der Waals surface area contributed by atoms with Crippen molar-refractivity contribution in [2.24, 2.45) is 0 Å². The predicted octanol–water partition coefficient (Wildman–Crippen LogP) is 6.87. The predicted molar refractivity (Wildman–Crippen MR) is 122 cm³/mol. The lowest BCUT2D eigenvalue weighted by Crippen LogP contribution is -2.50. The first-order chi connectivity index (χ1) is 14.9. The third kappa shape index (κ3) is 2.83. The van der Waals surface area contributed by atoms with E-state index in [1.165, 1.54) is 33.9 Å². The molecule has 3 atom stereocenters. The van der Waals surface area contributed by atoms with Crippen molar-refractivity contribution in [3.8, 4) is 5.75 Å². The molecule has 148 valence electrons. The molecule has 1 fully saturated rings. The van der Waals surface area contributed by atoms with Crippen LogP contribution in [0, 0.1) is 0 Å². The minimum Gasteiger partial charge on any atom is -0.475 e. The van der Waals surface area contributed by atoms with Crippen molar-refractivity contribution < 1.29 is 4.74 Å². The van der Waals surface area contributed by atoms with Gasteiger partial charge in [-0.2, -0.15) is 0 Å². The van der Waals surface area contributed by atoms with Gasteiger partial charge in [-0.15, -0.1) is 0 Å². The molecule has 4 aromatic rings. The Labute approximate surface area is 177 Å². The van der Waals surface area contributed by atoms with Crippen LogP contribution in [-0.2, 0) is 0 Å². The number of ether oxygens (including phenoxy) is 1. The molecule has 1 saturated heterocycles. The molecule has 6 rings (SSSR count). The summed E-state index contributed by atoms with van der Waals surface area (Å²) in [5.74, 6) is 1.04. The van der Waals surface area contributed by atoms with Crippen molar-refractivity contribution >= 4 is 10.8 Å². The lowest BCUT2D eigenvalue weighted by Gasteiger charge is -2.50. The van der Waals surface area contributed by atoms with Gasteiger partial charge in [-0.3, -0.25) is 4.90 Å². The maximum absolute atomic E-state index is 6.67. The summed E-state index contributed by atoms with van der Waals surface area (Å²) in [5.41, 5.74) is 4.03. The largest absolute Gasteiger partial charge is 0.475 e. The first-order valence-electron chi connectivity index (χ1n) is 11.0. The van der Waals surface area contributed by atoms with Crippen LogP contribution in [0.4, 0.5) is 0 Å². The number of piperidine rings is 1. The first kappa shape index (κ1) is 17.7. The SMILES string of the molecule is c1ccc([C@H]2c3c(ccc4ccccc34)O[C@@H]3CCC[C@H](c4ccccc4)N23)cc1. The second-order valence-electron chi connectivity index (χ2n) is 8.39. The van der Waals surface area contributed by atoms with Crippen molar-refractivity contribution in [3.63, 3.8) is 0 Å². The van der Waals surface area contributed by atoms with Gasteiger partial charge in [0, 0.05) is 11.6 Å². The molecular weight excluding hydrogens is 366 g/mol. The quantitative estimate of drug-likeness (QED) is 0.369. The van der Waals surface area contributed by atoms with Crippen molar-refractivity contribution in [3.05, 3.63) is 114 Å². The van der Waals surface area contributed by atoms with Crippen LogP contribution >= 0.6 is 0 Å². The molecular formula is C28H25NO. The molecule has 0 spiro atoms. The molecule has 0 aliphatic carbocycles. The molecule has 4 aromatic carbocycles. The van der Waals surface area contributed by atoms with Crippen molar-refractivity contribution in [1.82, 2.24) is 4.90 Å². The van der Waals surface area contributed by atoms with E-state index in [1.54, 1.807) is 0 Å². The normalized spacial score (nSPS) is 23.4. The third-order valence-electron chi connectivity index (χ3n) is 6.69. The summed E-state index contributed by atoms with van der Waals surface area (Å²) in [6.45, 7) is 0. The molecule has 0 amide bonds. The molecule has 30 heavy (non-hydrogen) atoms. The average molecular weight is 392 g/mol. The van der Waals surface area contributed by atoms with Gasteiger partial charge in [-0.1, -0.05) is 91.0 Å². The Morgan fingerprint density at radius 1 is 0.667 bits per heavy atom. The van der Waals surface area contributed by atoms with Gasteiger partial charge < -0.3 is 4.74 Å². The van der Waals surface area contributed by atoms with Crippen molar-refractivity contribution in [1.29, 1.82) is 0 Å². The Bertz CT molecular complexity index is 1170. The summed E-state index contributed by atoms with van der Waals surface area (Å²) in [6, 6.07) is 35.5. The van der Waals surface area contributed by atoms with Gasteiger partial charge in [0.1, 0.15) is 5.75 Å². The lowest BCUT2D eigenvalue weighted by molar-refractivity contribution is -0.0761. The Hall–Kier alpha value is -3.10. The highest BCUT2D eigenvalue weighted by Gasteiger charge is 2.43. The molecule has 0 unspecified atom stereocenters. The Morgan fingerprint density at radius 3 is 2.17 bits per heavy atom. The van der Waals surface area contributed by atoms with Crippen molar-refractivity contribution in [2.75, 3.05) is 0 Å². The number of hydrogen-bond donors (Lipinski definition) is 0. The molecule has 2 aliphatic rings. The minimum atomic E-state index is 0.0998. The van der Waals surface area contributed by atoms with Gasteiger partial charge in [0.25, 0.3) is 0 Å². The number of hydrogen-bond acceptors (Lipinski definition) is 2. The minimum absolute atomic E-state index is 0.0998. The van der Waals surface area contributed by atoms with Crippen LogP contribution in [-0.4, -0.2) is 11.1 Å². The monoisotopic (exact) mass is 391 g/mol. The van der Waals surface area contributed by atoms with Crippen LogP contribution in [0.5, 0.6) is 5.75 Å². The molecule has 0 bridgehead atoms. The highest BCUT2D eigenvalue weighted by atomic mass is 16.5. The molecule has 0 N–H and O–H groups in total. The van der Waals surface area contributed by atoms with Gasteiger partial charge in [-0.25, -0.2) is 0 Å². The van der Waals surface area contributed by atoms with Crippen LogP contribution in [0.3, 0.4) is 0 Å². The van der Waals surface area contributed by atoms with Gasteiger partial charge >= 0.3 is 0 Å². The zero-order valence-corrected chi connectivity index (χ0v) is 16.9. The summed E-state index contributed by atoms with van der Waals surface area (Å²) in [4.78, 5) is 2.64. The summed E-state index contributed by atoms with van der Waals surface area (Å²) >= 11 is 0. The highest BCUT2D eigenvalue weighted by molar-refractivity contribution is 5.89.